The molecule has 0 unspecified atom stereocenters. The van der Waals surface area contributed by atoms with Crippen molar-refractivity contribution in [1.29, 1.82) is 5.26 Å². The van der Waals surface area contributed by atoms with Gasteiger partial charge in [-0.2, -0.15) is 5.26 Å². The number of phenolic OH excluding ortho intramolecular Hbond substituents is 1. The smallest absolute Gasteiger partial charge is 0.270 e. The third-order valence-electron chi connectivity index (χ3n) is 2.08. The molecule has 5 nitrogen and oxygen atoms in total. The van der Waals surface area contributed by atoms with E-state index < -0.39 is 11.3 Å². The van der Waals surface area contributed by atoms with Gasteiger partial charge in [0, 0.05) is 5.39 Å². The van der Waals surface area contributed by atoms with Crippen LogP contribution in [0.4, 0.5) is 0 Å². The number of hydrogen-bond donors (Lipinski definition) is 3. The first-order chi connectivity index (χ1) is 7.13. The summed E-state index contributed by atoms with van der Waals surface area (Å²) >= 11 is 0. The Morgan fingerprint density at radius 2 is 2.07 bits per heavy atom. The number of aromatic nitrogens is 1. The Labute approximate surface area is 83.8 Å². The van der Waals surface area contributed by atoms with Crippen LogP contribution in [0.3, 0.4) is 0 Å². The zero-order valence-corrected chi connectivity index (χ0v) is 7.48. The molecule has 1 aromatic heterocycles. The minimum absolute atomic E-state index is 0.0475. The minimum atomic E-state index is -0.645. The van der Waals surface area contributed by atoms with Gasteiger partial charge in [-0.1, -0.05) is 0 Å². The molecule has 0 amide bonds. The average Bonchev–Trinajstić information content (AvgIpc) is 2.20. The molecule has 1 heterocycles. The van der Waals surface area contributed by atoms with Crippen molar-refractivity contribution in [3.8, 4) is 17.6 Å². The number of nitriles is 1. The molecule has 0 atom stereocenters. The molecular formula is C10H6N2O3. The highest BCUT2D eigenvalue weighted by molar-refractivity contribution is 5.87. The minimum Gasteiger partial charge on any atom is -0.508 e. The number of fused-ring (bicyclic) bond motifs is 1. The predicted octanol–water partition coefficient (Wildman–Crippen LogP) is 0.811. The number of pyridine rings is 1. The van der Waals surface area contributed by atoms with Crippen molar-refractivity contribution in [1.82, 2.24) is 4.98 Å². The van der Waals surface area contributed by atoms with Crippen molar-refractivity contribution in [3.05, 3.63) is 34.1 Å². The lowest BCUT2D eigenvalue weighted by Crippen LogP contribution is -2.09. The second-order valence-corrected chi connectivity index (χ2v) is 3.02. The number of nitrogens with zero attached hydrogens (tertiary/aromatic N) is 1. The lowest BCUT2D eigenvalue weighted by Gasteiger charge is -2.02. The molecule has 0 spiro atoms. The van der Waals surface area contributed by atoms with Gasteiger partial charge >= 0.3 is 0 Å². The molecule has 3 N–H and O–H groups in total. The third-order valence-corrected chi connectivity index (χ3v) is 2.08. The Kier molecular flexibility index (Phi) is 1.83. The maximum atomic E-state index is 11.3. The highest BCUT2D eigenvalue weighted by Gasteiger charge is 2.11. The van der Waals surface area contributed by atoms with Gasteiger partial charge < -0.3 is 15.2 Å². The van der Waals surface area contributed by atoms with Crippen LogP contribution in [0, 0.1) is 11.3 Å². The lowest BCUT2D eigenvalue weighted by molar-refractivity contribution is 0.470. The van der Waals surface area contributed by atoms with Crippen molar-refractivity contribution in [3.63, 3.8) is 0 Å². The van der Waals surface area contributed by atoms with E-state index >= 15 is 0 Å². The van der Waals surface area contributed by atoms with Crippen LogP contribution in [-0.4, -0.2) is 15.2 Å². The van der Waals surface area contributed by atoms with Crippen molar-refractivity contribution >= 4 is 10.9 Å². The van der Waals surface area contributed by atoms with Crippen molar-refractivity contribution < 1.29 is 10.2 Å². The molecule has 0 aliphatic rings. The molecule has 74 valence electrons. The number of H-pyrrole nitrogens is 1. The summed E-state index contributed by atoms with van der Waals surface area (Å²) in [4.78, 5) is 13.7. The van der Waals surface area contributed by atoms with Crippen LogP contribution in [0.2, 0.25) is 0 Å². The summed E-state index contributed by atoms with van der Waals surface area (Å²) < 4.78 is 0. The van der Waals surface area contributed by atoms with Crippen LogP contribution >= 0.6 is 0 Å². The van der Waals surface area contributed by atoms with Gasteiger partial charge in [-0.15, -0.1) is 0 Å². The van der Waals surface area contributed by atoms with E-state index in [-0.39, 0.29) is 16.7 Å². The van der Waals surface area contributed by atoms with E-state index in [1.807, 2.05) is 0 Å². The van der Waals surface area contributed by atoms with Gasteiger partial charge in [0.1, 0.15) is 17.6 Å². The Balaban J connectivity index is 3.00. The van der Waals surface area contributed by atoms with Gasteiger partial charge in [0.25, 0.3) is 5.56 Å². The quantitative estimate of drug-likeness (QED) is 0.588. The highest BCUT2D eigenvalue weighted by atomic mass is 16.3. The van der Waals surface area contributed by atoms with Crippen LogP contribution in [-0.2, 0) is 0 Å². The molecular weight excluding hydrogens is 196 g/mol. The second kappa shape index (κ2) is 3.03. The van der Waals surface area contributed by atoms with E-state index in [0.717, 1.165) is 0 Å². The molecule has 5 heteroatoms. The van der Waals surface area contributed by atoms with E-state index in [1.54, 1.807) is 6.07 Å². The van der Waals surface area contributed by atoms with E-state index in [4.69, 9.17) is 5.26 Å². The summed E-state index contributed by atoms with van der Waals surface area (Å²) in [5.74, 6) is -0.458. The van der Waals surface area contributed by atoms with E-state index in [2.05, 4.69) is 4.98 Å². The van der Waals surface area contributed by atoms with Crippen LogP contribution in [0.25, 0.3) is 10.9 Å². The summed E-state index contributed by atoms with van der Waals surface area (Å²) in [6, 6.07) is 5.71. The summed E-state index contributed by atoms with van der Waals surface area (Å²) in [6.45, 7) is 0. The first-order valence-electron chi connectivity index (χ1n) is 4.11. The SMILES string of the molecule is N#Cc1c(O)c2cc(O)ccc2[nH]c1=O. The highest BCUT2D eigenvalue weighted by Crippen LogP contribution is 2.27. The molecule has 0 saturated carbocycles. The molecule has 1 aromatic carbocycles. The van der Waals surface area contributed by atoms with E-state index in [9.17, 15) is 15.0 Å². The van der Waals surface area contributed by atoms with Crippen LogP contribution in [0.5, 0.6) is 11.5 Å². The standard InChI is InChI=1S/C10H6N2O3/c11-4-7-9(14)6-3-5(13)1-2-8(6)12-10(7)15/h1-3,13H,(H2,12,14,15). The zero-order valence-electron chi connectivity index (χ0n) is 7.48. The fourth-order valence-corrected chi connectivity index (χ4v) is 1.37. The first kappa shape index (κ1) is 9.09. The molecule has 0 saturated heterocycles. The zero-order chi connectivity index (χ0) is 11.0. The number of aromatic amines is 1. The van der Waals surface area contributed by atoms with Gasteiger partial charge in [-0.25, -0.2) is 0 Å². The normalized spacial score (nSPS) is 10.1. The molecule has 15 heavy (non-hydrogen) atoms. The molecule has 2 aromatic rings. The summed E-state index contributed by atoms with van der Waals surface area (Å²) in [5.41, 5.74) is -0.629. The van der Waals surface area contributed by atoms with Crippen LogP contribution in [0.15, 0.2) is 23.0 Å². The Hall–Kier alpha value is -2.48. The number of nitrogens with one attached hydrogen (secondary N) is 1. The van der Waals surface area contributed by atoms with Crippen molar-refractivity contribution in [2.45, 2.75) is 0 Å². The fraction of sp³-hybridized carbons (Fsp3) is 0. The van der Waals surface area contributed by atoms with Gasteiger partial charge in [0.05, 0.1) is 5.52 Å². The van der Waals surface area contributed by atoms with Crippen LogP contribution < -0.4 is 5.56 Å². The number of hydrogen-bond acceptors (Lipinski definition) is 4. The molecule has 0 fully saturated rings. The molecule has 0 radical (unpaired) electrons. The van der Waals surface area contributed by atoms with Gasteiger partial charge in [-0.3, -0.25) is 4.79 Å². The van der Waals surface area contributed by atoms with Crippen LogP contribution in [0.1, 0.15) is 5.56 Å². The summed E-state index contributed by atoms with van der Waals surface area (Å²) in [5, 5.41) is 27.7. The average molecular weight is 202 g/mol. The summed E-state index contributed by atoms with van der Waals surface area (Å²) in [7, 11) is 0. The second-order valence-electron chi connectivity index (χ2n) is 3.02. The topological polar surface area (TPSA) is 97.1 Å². The number of phenols is 1. The predicted molar refractivity (Wildman–Crippen MR) is 52.6 cm³/mol. The molecule has 0 bridgehead atoms. The molecule has 2 rings (SSSR count). The largest absolute Gasteiger partial charge is 0.508 e. The van der Waals surface area contributed by atoms with Crippen molar-refractivity contribution in [2.24, 2.45) is 0 Å². The lowest BCUT2D eigenvalue weighted by atomic mass is 10.1. The number of aromatic hydroxyl groups is 2. The maximum absolute atomic E-state index is 11.3. The Morgan fingerprint density at radius 1 is 1.33 bits per heavy atom. The Morgan fingerprint density at radius 3 is 2.73 bits per heavy atom. The van der Waals surface area contributed by atoms with E-state index in [1.165, 1.54) is 18.2 Å². The molecule has 0 aliphatic heterocycles. The fourth-order valence-electron chi connectivity index (χ4n) is 1.37. The Bertz CT molecular complexity index is 637. The van der Waals surface area contributed by atoms with Gasteiger partial charge in [0.2, 0.25) is 0 Å². The maximum Gasteiger partial charge on any atom is 0.270 e. The first-order valence-corrected chi connectivity index (χ1v) is 4.11. The molecule has 0 aliphatic carbocycles. The van der Waals surface area contributed by atoms with Gasteiger partial charge in [-0.05, 0) is 18.2 Å². The van der Waals surface area contributed by atoms with E-state index in [0.29, 0.717) is 5.52 Å². The number of benzene rings is 1. The summed E-state index contributed by atoms with van der Waals surface area (Å²) in [6.07, 6.45) is 0. The van der Waals surface area contributed by atoms with Gasteiger partial charge in [0.15, 0.2) is 5.56 Å². The number of rotatable bonds is 0. The van der Waals surface area contributed by atoms with Crippen molar-refractivity contribution in [2.75, 3.05) is 0 Å². The third kappa shape index (κ3) is 1.28. The monoisotopic (exact) mass is 202 g/mol.